The topological polar surface area (TPSA) is 45.7 Å². The largest absolute Gasteiger partial charge is 0.379 e. The van der Waals surface area contributed by atoms with E-state index in [9.17, 15) is 4.79 Å². The van der Waals surface area contributed by atoms with Crippen LogP contribution in [0.3, 0.4) is 0 Å². The number of morpholine rings is 1. The van der Waals surface area contributed by atoms with Gasteiger partial charge >= 0.3 is 0 Å². The maximum atomic E-state index is 13.6. The number of carbonyl (C=O) groups is 1. The zero-order valence-corrected chi connectivity index (χ0v) is 20.2. The lowest BCUT2D eigenvalue weighted by Gasteiger charge is -2.28. The summed E-state index contributed by atoms with van der Waals surface area (Å²) in [6, 6.07) is 11.8. The number of hydrogen-bond acceptors (Lipinski definition) is 5. The van der Waals surface area contributed by atoms with Crippen molar-refractivity contribution in [3.63, 3.8) is 0 Å². The maximum Gasteiger partial charge on any atom is 0.260 e. The van der Waals surface area contributed by atoms with E-state index in [1.807, 2.05) is 55.1 Å². The number of amides is 1. The summed E-state index contributed by atoms with van der Waals surface area (Å²) in [7, 11) is 0. The van der Waals surface area contributed by atoms with Crippen molar-refractivity contribution in [1.82, 2.24) is 9.88 Å². The highest BCUT2D eigenvalue weighted by molar-refractivity contribution is 7.22. The van der Waals surface area contributed by atoms with Gasteiger partial charge in [0.05, 0.1) is 22.9 Å². The van der Waals surface area contributed by atoms with Crippen molar-refractivity contribution in [1.29, 1.82) is 0 Å². The van der Waals surface area contributed by atoms with E-state index in [4.69, 9.17) is 21.3 Å². The Balaban J connectivity index is 0.00000272. The third-order valence-corrected chi connectivity index (χ3v) is 6.77. The van der Waals surface area contributed by atoms with Gasteiger partial charge < -0.3 is 4.74 Å². The molecular weight excluding hydrogens is 453 g/mol. The molecule has 0 unspecified atom stereocenters. The number of para-hydroxylation sites is 1. The molecule has 2 heterocycles. The van der Waals surface area contributed by atoms with E-state index in [2.05, 4.69) is 4.90 Å². The lowest BCUT2D eigenvalue weighted by Crippen LogP contribution is -2.39. The Morgan fingerprint density at radius 1 is 1.23 bits per heavy atom. The predicted molar refractivity (Wildman–Crippen MR) is 131 cm³/mol. The van der Waals surface area contributed by atoms with Gasteiger partial charge in [-0.05, 0) is 44.0 Å². The van der Waals surface area contributed by atoms with E-state index in [-0.39, 0.29) is 18.3 Å². The van der Waals surface area contributed by atoms with Crippen LogP contribution in [0, 0.1) is 13.8 Å². The number of hydrogen-bond donors (Lipinski definition) is 0. The maximum absolute atomic E-state index is 13.6. The Bertz CT molecular complexity index is 1050. The highest BCUT2D eigenvalue weighted by atomic mass is 35.5. The van der Waals surface area contributed by atoms with Crippen LogP contribution < -0.4 is 4.90 Å². The van der Waals surface area contributed by atoms with Crippen LogP contribution in [0.2, 0.25) is 5.02 Å². The Morgan fingerprint density at radius 2 is 2.00 bits per heavy atom. The van der Waals surface area contributed by atoms with Gasteiger partial charge in [-0.25, -0.2) is 4.98 Å². The van der Waals surface area contributed by atoms with E-state index in [1.54, 1.807) is 0 Å². The van der Waals surface area contributed by atoms with Crippen molar-refractivity contribution < 1.29 is 9.53 Å². The zero-order chi connectivity index (χ0) is 21.1. The number of aromatic nitrogens is 1. The molecule has 1 aliphatic rings. The van der Waals surface area contributed by atoms with Gasteiger partial charge in [-0.2, -0.15) is 0 Å². The number of aryl methyl sites for hydroxylation is 2. The summed E-state index contributed by atoms with van der Waals surface area (Å²) in [6.45, 7) is 8.99. The normalized spacial score (nSPS) is 14.4. The Hall–Kier alpha value is -1.70. The highest BCUT2D eigenvalue weighted by Gasteiger charge is 2.23. The van der Waals surface area contributed by atoms with Gasteiger partial charge in [0, 0.05) is 31.7 Å². The lowest BCUT2D eigenvalue weighted by molar-refractivity contribution is 0.0376. The van der Waals surface area contributed by atoms with Gasteiger partial charge in [-0.3, -0.25) is 14.6 Å². The fourth-order valence-electron chi connectivity index (χ4n) is 3.69. The molecule has 0 radical (unpaired) electrons. The number of fused-ring (bicyclic) bond motifs is 1. The van der Waals surface area contributed by atoms with Crippen LogP contribution in [0.5, 0.6) is 0 Å². The van der Waals surface area contributed by atoms with Crippen LogP contribution in [-0.4, -0.2) is 55.2 Å². The summed E-state index contributed by atoms with van der Waals surface area (Å²) in [5.74, 6) is -0.00615. The van der Waals surface area contributed by atoms with Gasteiger partial charge in [-0.15, -0.1) is 12.4 Å². The number of ether oxygens (including phenoxy) is 1. The minimum Gasteiger partial charge on any atom is -0.379 e. The van der Waals surface area contributed by atoms with Crippen molar-refractivity contribution in [2.45, 2.75) is 20.3 Å². The molecule has 166 valence electrons. The molecule has 1 aromatic heterocycles. The van der Waals surface area contributed by atoms with Crippen molar-refractivity contribution in [2.24, 2.45) is 0 Å². The molecule has 2 aromatic carbocycles. The van der Waals surface area contributed by atoms with Gasteiger partial charge in [0.15, 0.2) is 5.13 Å². The van der Waals surface area contributed by atoms with Gasteiger partial charge in [0.25, 0.3) is 5.91 Å². The summed E-state index contributed by atoms with van der Waals surface area (Å²) in [4.78, 5) is 22.5. The highest BCUT2D eigenvalue weighted by Crippen LogP contribution is 2.33. The second kappa shape index (κ2) is 10.7. The molecule has 0 atom stereocenters. The molecular formula is C23H27Cl2N3O2S. The number of thiazole rings is 1. The van der Waals surface area contributed by atoms with Crippen LogP contribution in [0.15, 0.2) is 36.4 Å². The molecule has 4 rings (SSSR count). The number of carbonyl (C=O) groups excluding carboxylic acids is 1. The first-order chi connectivity index (χ1) is 14.5. The van der Waals surface area contributed by atoms with E-state index < -0.39 is 0 Å². The van der Waals surface area contributed by atoms with E-state index in [0.717, 1.165) is 66.2 Å². The Kier molecular flexibility index (Phi) is 8.30. The van der Waals surface area contributed by atoms with E-state index >= 15 is 0 Å². The van der Waals surface area contributed by atoms with Crippen LogP contribution >= 0.6 is 35.3 Å². The number of halogens is 2. The van der Waals surface area contributed by atoms with Crippen molar-refractivity contribution in [3.05, 3.63) is 58.1 Å². The summed E-state index contributed by atoms with van der Waals surface area (Å²) in [5.41, 5.74) is 3.53. The fourth-order valence-corrected chi connectivity index (χ4v) is 4.98. The van der Waals surface area contributed by atoms with Gasteiger partial charge in [-0.1, -0.05) is 46.7 Å². The third-order valence-electron chi connectivity index (χ3n) is 5.42. The molecule has 1 fully saturated rings. The minimum atomic E-state index is -0.00615. The summed E-state index contributed by atoms with van der Waals surface area (Å²) in [5, 5.41) is 1.31. The summed E-state index contributed by atoms with van der Waals surface area (Å²) >= 11 is 7.86. The number of nitrogens with zero attached hydrogens (tertiary/aromatic N) is 3. The van der Waals surface area contributed by atoms with Crippen molar-refractivity contribution in [2.75, 3.05) is 44.3 Å². The SMILES string of the molecule is Cc1ccc(C)c(C(=O)N(CCCN2CCOCC2)c2nc3c(Cl)cccc3s2)c1.Cl. The zero-order valence-electron chi connectivity index (χ0n) is 17.8. The predicted octanol–water partition coefficient (Wildman–Crippen LogP) is 5.36. The van der Waals surface area contributed by atoms with E-state index in [1.165, 1.54) is 11.3 Å². The minimum absolute atomic E-state index is 0. The number of anilines is 1. The average Bonchev–Trinajstić information content (AvgIpc) is 3.18. The first-order valence-corrected chi connectivity index (χ1v) is 11.5. The lowest BCUT2D eigenvalue weighted by atomic mass is 10.0. The molecule has 1 amide bonds. The second-order valence-corrected chi connectivity index (χ2v) is 9.08. The molecule has 0 aliphatic carbocycles. The first kappa shape index (κ1) is 24.0. The number of benzene rings is 2. The van der Waals surface area contributed by atoms with Crippen LogP contribution in [0.1, 0.15) is 27.9 Å². The molecule has 0 spiro atoms. The average molecular weight is 480 g/mol. The second-order valence-electron chi connectivity index (χ2n) is 7.67. The van der Waals surface area contributed by atoms with Gasteiger partial charge in [0.2, 0.25) is 0 Å². The van der Waals surface area contributed by atoms with Crippen molar-refractivity contribution in [3.8, 4) is 0 Å². The first-order valence-electron chi connectivity index (χ1n) is 10.3. The smallest absolute Gasteiger partial charge is 0.260 e. The van der Waals surface area contributed by atoms with Crippen LogP contribution in [-0.2, 0) is 4.74 Å². The molecule has 0 bridgehead atoms. The molecule has 8 heteroatoms. The molecule has 5 nitrogen and oxygen atoms in total. The Labute approximate surface area is 198 Å². The van der Waals surface area contributed by atoms with Crippen LogP contribution in [0.4, 0.5) is 5.13 Å². The molecule has 0 saturated carbocycles. The van der Waals surface area contributed by atoms with Crippen molar-refractivity contribution >= 4 is 56.6 Å². The molecule has 31 heavy (non-hydrogen) atoms. The summed E-state index contributed by atoms with van der Waals surface area (Å²) < 4.78 is 6.42. The number of rotatable bonds is 6. The molecule has 1 saturated heterocycles. The standard InChI is InChI=1S/C23H26ClN3O2S.ClH/c1-16-7-8-17(2)18(15-16)22(28)27(10-4-9-26-11-13-29-14-12-26)23-25-21-19(24)5-3-6-20(21)30-23;/h3,5-8,15H,4,9-14H2,1-2H3;1H. The van der Waals surface area contributed by atoms with Gasteiger partial charge in [0.1, 0.15) is 5.52 Å². The monoisotopic (exact) mass is 479 g/mol. The van der Waals surface area contributed by atoms with E-state index in [0.29, 0.717) is 16.7 Å². The molecule has 1 aliphatic heterocycles. The quantitative estimate of drug-likeness (QED) is 0.477. The third kappa shape index (κ3) is 5.57. The summed E-state index contributed by atoms with van der Waals surface area (Å²) in [6.07, 6.45) is 0.875. The van der Waals surface area contributed by atoms with Crippen LogP contribution in [0.25, 0.3) is 10.2 Å². The Morgan fingerprint density at radius 3 is 2.74 bits per heavy atom. The molecule has 3 aromatic rings. The fraction of sp³-hybridized carbons (Fsp3) is 0.391. The molecule has 0 N–H and O–H groups in total.